The van der Waals surface area contributed by atoms with Gasteiger partial charge >= 0.3 is 0 Å². The third-order valence-electron chi connectivity index (χ3n) is 4.47. The third-order valence-corrected chi connectivity index (χ3v) is 4.76. The van der Waals surface area contributed by atoms with E-state index >= 15 is 0 Å². The molecular formula is C17H25ClFN. The molecular weight excluding hydrogens is 273 g/mol. The van der Waals surface area contributed by atoms with E-state index in [9.17, 15) is 4.39 Å². The number of hydrogen-bond donors (Lipinski definition) is 1. The Morgan fingerprint density at radius 2 is 2.05 bits per heavy atom. The molecule has 1 aromatic rings. The van der Waals surface area contributed by atoms with Crippen molar-refractivity contribution in [1.29, 1.82) is 0 Å². The van der Waals surface area contributed by atoms with Crippen LogP contribution in [0.4, 0.5) is 4.39 Å². The number of hydrogen-bond acceptors (Lipinski definition) is 1. The summed E-state index contributed by atoms with van der Waals surface area (Å²) in [7, 11) is 0. The zero-order chi connectivity index (χ0) is 14.6. The lowest BCUT2D eigenvalue weighted by Gasteiger charge is -2.49. The molecule has 1 aliphatic carbocycles. The zero-order valence-corrected chi connectivity index (χ0v) is 13.3. The topological polar surface area (TPSA) is 12.0 Å². The minimum Gasteiger partial charge on any atom is -0.316 e. The molecule has 0 aliphatic heterocycles. The summed E-state index contributed by atoms with van der Waals surface area (Å²) in [4.78, 5) is 0. The second-order valence-corrected chi connectivity index (χ2v) is 6.53. The average Bonchev–Trinajstić information content (AvgIpc) is 2.39. The van der Waals surface area contributed by atoms with Gasteiger partial charge in [0, 0.05) is 12.0 Å². The predicted molar refractivity (Wildman–Crippen MR) is 83.9 cm³/mol. The number of rotatable bonds is 7. The third kappa shape index (κ3) is 3.17. The van der Waals surface area contributed by atoms with Crippen molar-refractivity contribution in [1.82, 2.24) is 5.32 Å². The lowest BCUT2D eigenvalue weighted by atomic mass is 9.57. The maximum absolute atomic E-state index is 14.4. The van der Waals surface area contributed by atoms with Gasteiger partial charge in [0.25, 0.3) is 0 Å². The normalized spacial score (nSPS) is 25.5. The summed E-state index contributed by atoms with van der Waals surface area (Å²) in [6.07, 6.45) is 5.72. The first kappa shape index (κ1) is 15.8. The van der Waals surface area contributed by atoms with Crippen LogP contribution >= 0.6 is 11.6 Å². The molecule has 1 nitrogen and oxygen atoms in total. The summed E-state index contributed by atoms with van der Waals surface area (Å²) in [5.41, 5.74) is 0.755. The molecule has 1 saturated carbocycles. The van der Waals surface area contributed by atoms with Crippen molar-refractivity contribution < 1.29 is 4.39 Å². The van der Waals surface area contributed by atoms with Crippen LogP contribution in [0.2, 0.25) is 5.02 Å². The van der Waals surface area contributed by atoms with E-state index in [-0.39, 0.29) is 16.3 Å². The van der Waals surface area contributed by atoms with E-state index in [0.29, 0.717) is 0 Å². The molecule has 0 heterocycles. The molecule has 1 aliphatic rings. The molecule has 0 radical (unpaired) electrons. The standard InChI is InChI=1S/C17H25ClFN/c1-3-6-13-10-17(11-13,12-20-9-4-2)14-7-5-8-15(18)16(14)19/h5,7-8,13,20H,3-4,6,9-12H2,1-2H3. The van der Waals surface area contributed by atoms with Crippen LogP contribution in [0.5, 0.6) is 0 Å². The molecule has 1 aromatic carbocycles. The van der Waals surface area contributed by atoms with E-state index in [0.717, 1.165) is 43.8 Å². The quantitative estimate of drug-likeness (QED) is 0.704. The lowest BCUT2D eigenvalue weighted by Crippen LogP contribution is -2.49. The molecule has 0 bridgehead atoms. The Morgan fingerprint density at radius 3 is 2.70 bits per heavy atom. The first-order valence-electron chi connectivity index (χ1n) is 7.78. The Kier molecular flexibility index (Phi) is 5.45. The van der Waals surface area contributed by atoms with Gasteiger partial charge in [-0.2, -0.15) is 0 Å². The van der Waals surface area contributed by atoms with Gasteiger partial charge in [0.1, 0.15) is 5.82 Å². The second kappa shape index (κ2) is 6.91. The molecule has 20 heavy (non-hydrogen) atoms. The smallest absolute Gasteiger partial charge is 0.145 e. The van der Waals surface area contributed by atoms with Gasteiger partial charge in [0.15, 0.2) is 0 Å². The minimum atomic E-state index is -0.220. The highest BCUT2D eigenvalue weighted by molar-refractivity contribution is 6.30. The van der Waals surface area contributed by atoms with Gasteiger partial charge in [0.2, 0.25) is 0 Å². The molecule has 0 aromatic heterocycles. The number of halogens is 2. The molecule has 2 rings (SSSR count). The van der Waals surface area contributed by atoms with Crippen LogP contribution in [0.3, 0.4) is 0 Å². The van der Waals surface area contributed by atoms with Crippen LogP contribution in [0.1, 0.15) is 51.5 Å². The van der Waals surface area contributed by atoms with Crippen LogP contribution in [0, 0.1) is 11.7 Å². The SMILES string of the molecule is CCCNCC1(c2cccc(Cl)c2F)CC(CCC)C1. The molecule has 112 valence electrons. The van der Waals surface area contributed by atoms with Crippen molar-refractivity contribution in [3.05, 3.63) is 34.6 Å². The highest BCUT2D eigenvalue weighted by Crippen LogP contribution is 2.50. The van der Waals surface area contributed by atoms with Crippen LogP contribution in [0.25, 0.3) is 0 Å². The number of benzene rings is 1. The molecule has 1 N–H and O–H groups in total. The van der Waals surface area contributed by atoms with Gasteiger partial charge in [-0.1, -0.05) is 50.4 Å². The summed E-state index contributed by atoms with van der Waals surface area (Å²) in [6.45, 7) is 6.22. The fourth-order valence-corrected chi connectivity index (χ4v) is 3.71. The van der Waals surface area contributed by atoms with Gasteiger partial charge in [-0.15, -0.1) is 0 Å². The fraction of sp³-hybridized carbons (Fsp3) is 0.647. The Morgan fingerprint density at radius 1 is 1.30 bits per heavy atom. The van der Waals surface area contributed by atoms with Gasteiger partial charge in [0.05, 0.1) is 5.02 Å². The predicted octanol–water partition coefficient (Wildman–Crippen LogP) is 4.93. The highest BCUT2D eigenvalue weighted by Gasteiger charge is 2.46. The first-order valence-corrected chi connectivity index (χ1v) is 8.16. The average molecular weight is 298 g/mol. The molecule has 0 saturated heterocycles. The Bertz CT molecular complexity index is 435. The molecule has 0 amide bonds. The van der Waals surface area contributed by atoms with E-state index in [1.165, 1.54) is 12.8 Å². The Balaban J connectivity index is 2.17. The molecule has 0 atom stereocenters. The van der Waals surface area contributed by atoms with Crippen LogP contribution < -0.4 is 5.32 Å². The van der Waals surface area contributed by atoms with Crippen molar-refractivity contribution in [2.75, 3.05) is 13.1 Å². The van der Waals surface area contributed by atoms with E-state index < -0.39 is 0 Å². The molecule has 0 unspecified atom stereocenters. The van der Waals surface area contributed by atoms with Crippen LogP contribution in [-0.2, 0) is 5.41 Å². The maximum atomic E-state index is 14.4. The Hall–Kier alpha value is -0.600. The molecule has 0 spiro atoms. The molecule has 3 heteroatoms. The summed E-state index contributed by atoms with van der Waals surface area (Å²) in [5, 5.41) is 3.72. The van der Waals surface area contributed by atoms with Gasteiger partial charge < -0.3 is 5.32 Å². The second-order valence-electron chi connectivity index (χ2n) is 6.12. The van der Waals surface area contributed by atoms with Crippen molar-refractivity contribution in [2.45, 2.75) is 51.4 Å². The van der Waals surface area contributed by atoms with E-state index in [1.54, 1.807) is 6.07 Å². The monoisotopic (exact) mass is 297 g/mol. The van der Waals surface area contributed by atoms with Gasteiger partial charge in [-0.3, -0.25) is 0 Å². The summed E-state index contributed by atoms with van der Waals surface area (Å²) < 4.78 is 14.4. The Labute approximate surface area is 126 Å². The van der Waals surface area contributed by atoms with Crippen molar-refractivity contribution in [3.63, 3.8) is 0 Å². The van der Waals surface area contributed by atoms with Crippen molar-refractivity contribution in [2.24, 2.45) is 5.92 Å². The fourth-order valence-electron chi connectivity index (χ4n) is 3.54. The van der Waals surface area contributed by atoms with E-state index in [1.807, 2.05) is 12.1 Å². The van der Waals surface area contributed by atoms with E-state index in [2.05, 4.69) is 19.2 Å². The van der Waals surface area contributed by atoms with Crippen molar-refractivity contribution >= 4 is 11.6 Å². The van der Waals surface area contributed by atoms with Gasteiger partial charge in [-0.25, -0.2) is 4.39 Å². The highest BCUT2D eigenvalue weighted by atomic mass is 35.5. The summed E-state index contributed by atoms with van der Waals surface area (Å²) in [6, 6.07) is 5.42. The maximum Gasteiger partial charge on any atom is 0.145 e. The van der Waals surface area contributed by atoms with Gasteiger partial charge in [-0.05, 0) is 43.4 Å². The largest absolute Gasteiger partial charge is 0.316 e. The summed E-state index contributed by atoms with van der Waals surface area (Å²) in [5.74, 6) is 0.518. The number of nitrogens with one attached hydrogen (secondary N) is 1. The van der Waals surface area contributed by atoms with Crippen LogP contribution in [-0.4, -0.2) is 13.1 Å². The minimum absolute atomic E-state index is 0.0516. The molecule has 1 fully saturated rings. The van der Waals surface area contributed by atoms with Crippen molar-refractivity contribution in [3.8, 4) is 0 Å². The lowest BCUT2D eigenvalue weighted by molar-refractivity contribution is 0.125. The first-order chi connectivity index (χ1) is 9.63. The van der Waals surface area contributed by atoms with E-state index in [4.69, 9.17) is 11.6 Å². The zero-order valence-electron chi connectivity index (χ0n) is 12.5. The summed E-state index contributed by atoms with van der Waals surface area (Å²) >= 11 is 5.96. The van der Waals surface area contributed by atoms with Crippen LogP contribution in [0.15, 0.2) is 18.2 Å².